The van der Waals surface area contributed by atoms with E-state index in [2.05, 4.69) is 24.9 Å². The molecular weight excluding hydrogens is 246 g/mol. The third kappa shape index (κ3) is 5.07. The molecule has 0 spiro atoms. The molecule has 0 saturated heterocycles. The van der Waals surface area contributed by atoms with E-state index in [1.807, 2.05) is 23.9 Å². The summed E-state index contributed by atoms with van der Waals surface area (Å²) in [6.07, 6.45) is 1.94. The lowest BCUT2D eigenvalue weighted by atomic mass is 10.3. The van der Waals surface area contributed by atoms with Crippen LogP contribution in [0.15, 0.2) is 24.8 Å². The Morgan fingerprint density at radius 3 is 3.07 bits per heavy atom. The van der Waals surface area contributed by atoms with Crippen molar-refractivity contribution in [2.75, 3.05) is 18.1 Å². The first-order valence-electron chi connectivity index (χ1n) is 4.91. The highest BCUT2D eigenvalue weighted by Gasteiger charge is 2.06. The Hall–Kier alpha value is 0.0400. The second kappa shape index (κ2) is 7.34. The van der Waals surface area contributed by atoms with E-state index in [1.165, 1.54) is 4.88 Å². The fourth-order valence-electron chi connectivity index (χ4n) is 1.18. The maximum Gasteiger partial charge on any atom is 0.0931 e. The van der Waals surface area contributed by atoms with Crippen molar-refractivity contribution < 1.29 is 0 Å². The molecule has 1 rings (SSSR count). The van der Waals surface area contributed by atoms with Gasteiger partial charge in [0.2, 0.25) is 0 Å². The third-order valence-corrected chi connectivity index (χ3v) is 4.33. The minimum Gasteiger partial charge on any atom is -0.309 e. The van der Waals surface area contributed by atoms with Crippen LogP contribution in [0, 0.1) is 0 Å². The van der Waals surface area contributed by atoms with E-state index in [4.69, 9.17) is 11.6 Å². The highest BCUT2D eigenvalue weighted by atomic mass is 35.5. The van der Waals surface area contributed by atoms with Crippen molar-refractivity contribution in [1.29, 1.82) is 0 Å². The van der Waals surface area contributed by atoms with Gasteiger partial charge in [0.25, 0.3) is 0 Å². The molecule has 0 fully saturated rings. The van der Waals surface area contributed by atoms with E-state index in [1.54, 1.807) is 11.3 Å². The predicted molar refractivity (Wildman–Crippen MR) is 73.3 cm³/mol. The summed E-state index contributed by atoms with van der Waals surface area (Å²) in [5.41, 5.74) is 0. The number of hydrogen-bond acceptors (Lipinski definition) is 3. The quantitative estimate of drug-likeness (QED) is 0.589. The zero-order chi connectivity index (χ0) is 11.1. The van der Waals surface area contributed by atoms with Crippen LogP contribution in [0.3, 0.4) is 0 Å². The van der Waals surface area contributed by atoms with E-state index in [0.29, 0.717) is 6.04 Å². The van der Waals surface area contributed by atoms with Crippen LogP contribution >= 0.6 is 34.7 Å². The molecule has 1 unspecified atom stereocenters. The van der Waals surface area contributed by atoms with Crippen LogP contribution in [-0.2, 0) is 0 Å². The Kier molecular flexibility index (Phi) is 6.41. The van der Waals surface area contributed by atoms with Crippen molar-refractivity contribution in [1.82, 2.24) is 5.32 Å². The molecule has 1 atom stereocenters. The normalized spacial score (nSPS) is 12.7. The van der Waals surface area contributed by atoms with Crippen LogP contribution < -0.4 is 5.32 Å². The lowest BCUT2D eigenvalue weighted by Crippen LogP contribution is -2.20. The topological polar surface area (TPSA) is 12.0 Å². The fraction of sp³-hybridized carbons (Fsp3) is 0.455. The van der Waals surface area contributed by atoms with E-state index >= 15 is 0 Å². The first kappa shape index (κ1) is 13.1. The van der Waals surface area contributed by atoms with Gasteiger partial charge in [-0.1, -0.05) is 17.7 Å². The SMILES string of the molecule is C=CCSCCNC(C)c1ccc(Cl)s1. The number of nitrogens with one attached hydrogen (secondary N) is 1. The summed E-state index contributed by atoms with van der Waals surface area (Å²) in [7, 11) is 0. The molecule has 0 aliphatic rings. The standard InChI is InChI=1S/C11H16ClNS2/c1-3-7-14-8-6-13-9(2)10-4-5-11(12)15-10/h3-5,9,13H,1,6-8H2,2H3. The van der Waals surface area contributed by atoms with E-state index < -0.39 is 0 Å². The summed E-state index contributed by atoms with van der Waals surface area (Å²) >= 11 is 9.42. The molecule has 0 amide bonds. The molecule has 15 heavy (non-hydrogen) atoms. The van der Waals surface area contributed by atoms with Gasteiger partial charge in [-0.3, -0.25) is 0 Å². The summed E-state index contributed by atoms with van der Waals surface area (Å²) in [6, 6.07) is 4.43. The van der Waals surface area contributed by atoms with Gasteiger partial charge in [-0.2, -0.15) is 11.8 Å². The van der Waals surface area contributed by atoms with Gasteiger partial charge in [0.1, 0.15) is 0 Å². The monoisotopic (exact) mass is 261 g/mol. The molecule has 1 heterocycles. The van der Waals surface area contributed by atoms with Gasteiger partial charge in [-0.25, -0.2) is 0 Å². The van der Waals surface area contributed by atoms with Crippen molar-refractivity contribution in [3.63, 3.8) is 0 Å². The van der Waals surface area contributed by atoms with Crippen molar-refractivity contribution in [2.24, 2.45) is 0 Å². The Morgan fingerprint density at radius 1 is 1.67 bits per heavy atom. The maximum atomic E-state index is 5.88. The van der Waals surface area contributed by atoms with Gasteiger partial charge < -0.3 is 5.32 Å². The minimum atomic E-state index is 0.395. The molecule has 1 N–H and O–H groups in total. The Bertz CT molecular complexity index is 299. The van der Waals surface area contributed by atoms with Gasteiger partial charge in [0.05, 0.1) is 4.34 Å². The lowest BCUT2D eigenvalue weighted by molar-refractivity contribution is 0.610. The molecule has 0 aromatic carbocycles. The average molecular weight is 262 g/mol. The highest BCUT2D eigenvalue weighted by molar-refractivity contribution is 7.99. The zero-order valence-corrected chi connectivity index (χ0v) is 11.2. The largest absolute Gasteiger partial charge is 0.309 e. The average Bonchev–Trinajstić information content (AvgIpc) is 2.64. The highest BCUT2D eigenvalue weighted by Crippen LogP contribution is 2.26. The van der Waals surface area contributed by atoms with Gasteiger partial charge >= 0.3 is 0 Å². The zero-order valence-electron chi connectivity index (χ0n) is 8.83. The number of rotatable bonds is 7. The van der Waals surface area contributed by atoms with Gasteiger partial charge in [-0.15, -0.1) is 17.9 Å². The molecule has 84 valence electrons. The second-order valence-corrected chi connectivity index (χ2v) is 6.08. The number of halogens is 1. The van der Waals surface area contributed by atoms with Gasteiger partial charge in [0.15, 0.2) is 0 Å². The van der Waals surface area contributed by atoms with Crippen molar-refractivity contribution in [3.05, 3.63) is 34.0 Å². The van der Waals surface area contributed by atoms with Crippen LogP contribution in [0.4, 0.5) is 0 Å². The minimum absolute atomic E-state index is 0.395. The summed E-state index contributed by atoms with van der Waals surface area (Å²) in [4.78, 5) is 1.30. The summed E-state index contributed by atoms with van der Waals surface area (Å²) in [5.74, 6) is 2.15. The molecular formula is C11H16ClNS2. The predicted octanol–water partition coefficient (Wildman–Crippen LogP) is 3.97. The van der Waals surface area contributed by atoms with Gasteiger partial charge in [-0.05, 0) is 19.1 Å². The molecule has 0 aliphatic carbocycles. The van der Waals surface area contributed by atoms with Gasteiger partial charge in [0, 0.05) is 29.0 Å². The lowest BCUT2D eigenvalue weighted by Gasteiger charge is -2.11. The summed E-state index contributed by atoms with van der Waals surface area (Å²) < 4.78 is 0.861. The van der Waals surface area contributed by atoms with Crippen molar-refractivity contribution >= 4 is 34.7 Å². The first-order valence-corrected chi connectivity index (χ1v) is 7.26. The smallest absolute Gasteiger partial charge is 0.0931 e. The van der Waals surface area contributed by atoms with Crippen molar-refractivity contribution in [2.45, 2.75) is 13.0 Å². The molecule has 4 heteroatoms. The van der Waals surface area contributed by atoms with Crippen molar-refractivity contribution in [3.8, 4) is 0 Å². The molecule has 1 aromatic heterocycles. The Balaban J connectivity index is 2.18. The summed E-state index contributed by atoms with van der Waals surface area (Å²) in [6.45, 7) is 6.88. The number of hydrogen-bond donors (Lipinski definition) is 1. The molecule has 1 nitrogen and oxygen atoms in total. The Morgan fingerprint density at radius 2 is 2.47 bits per heavy atom. The fourth-order valence-corrected chi connectivity index (χ4v) is 2.86. The molecule has 0 aliphatic heterocycles. The third-order valence-electron chi connectivity index (χ3n) is 1.95. The van der Waals surface area contributed by atoms with Crippen LogP contribution in [0.5, 0.6) is 0 Å². The van der Waals surface area contributed by atoms with E-state index in [9.17, 15) is 0 Å². The van der Waals surface area contributed by atoms with Crippen LogP contribution in [0.1, 0.15) is 17.8 Å². The van der Waals surface area contributed by atoms with E-state index in [-0.39, 0.29) is 0 Å². The van der Waals surface area contributed by atoms with Crippen LogP contribution in [-0.4, -0.2) is 18.1 Å². The Labute approximate surface area is 105 Å². The number of thioether (sulfide) groups is 1. The maximum absolute atomic E-state index is 5.88. The number of thiophene rings is 1. The summed E-state index contributed by atoms with van der Waals surface area (Å²) in [5, 5.41) is 3.47. The molecule has 0 radical (unpaired) electrons. The van der Waals surface area contributed by atoms with Crippen LogP contribution in [0.2, 0.25) is 4.34 Å². The molecule has 1 aromatic rings. The van der Waals surface area contributed by atoms with E-state index in [0.717, 1.165) is 22.4 Å². The molecule has 0 bridgehead atoms. The second-order valence-electron chi connectivity index (χ2n) is 3.18. The molecule has 0 saturated carbocycles. The first-order chi connectivity index (χ1) is 7.24. The van der Waals surface area contributed by atoms with Crippen LogP contribution in [0.25, 0.3) is 0 Å².